The van der Waals surface area contributed by atoms with Crippen LogP contribution in [0.5, 0.6) is 0 Å². The molecule has 0 radical (unpaired) electrons. The van der Waals surface area contributed by atoms with Crippen molar-refractivity contribution < 1.29 is 61.4 Å². The van der Waals surface area contributed by atoms with E-state index in [0.29, 0.717) is 0 Å². The molecule has 5 unspecified atom stereocenters. The molecule has 1 fully saturated rings. The number of phosphoric ester groups is 1. The lowest BCUT2D eigenvalue weighted by atomic mass is 10.1. The normalized spacial score (nSPS) is 29.6. The Hall–Kier alpha value is -1.30. The predicted molar refractivity (Wildman–Crippen MR) is 99.7 cm³/mol. The summed E-state index contributed by atoms with van der Waals surface area (Å²) in [6.45, 7) is -1.40. The molecule has 1 aromatic rings. The maximum absolute atomic E-state index is 11.9. The van der Waals surface area contributed by atoms with Crippen molar-refractivity contribution >= 4 is 35.7 Å². The second kappa shape index (κ2) is 9.52. The van der Waals surface area contributed by atoms with Crippen LogP contribution in [0.15, 0.2) is 22.2 Å². The minimum Gasteiger partial charge on any atom is -0.387 e. The smallest absolute Gasteiger partial charge is 0.387 e. The first-order valence-corrected chi connectivity index (χ1v) is 12.6. The van der Waals surface area contributed by atoms with E-state index in [-0.39, 0.29) is 4.77 Å². The summed E-state index contributed by atoms with van der Waals surface area (Å²) in [4.78, 5) is 51.5. The molecular weight excluding hydrogens is 527 g/mol. The molecule has 1 aliphatic rings. The number of hydrogen-bond acceptors (Lipinski definition) is 12. The summed E-state index contributed by atoms with van der Waals surface area (Å²) >= 11 is 4.89. The maximum atomic E-state index is 11.9. The van der Waals surface area contributed by atoms with Crippen molar-refractivity contribution in [3.8, 4) is 0 Å². The maximum Gasteiger partial charge on any atom is 0.490 e. The Labute approximate surface area is 180 Å². The lowest BCUT2D eigenvalue weighted by Crippen LogP contribution is -2.44. The molecule has 0 aliphatic carbocycles. The molecule has 7 N–H and O–H groups in total. The van der Waals surface area contributed by atoms with Gasteiger partial charge in [0.05, 0.1) is 6.61 Å². The minimum absolute atomic E-state index is 0.293. The fourth-order valence-corrected chi connectivity index (χ4v) is 5.71. The van der Waals surface area contributed by atoms with Gasteiger partial charge in [-0.2, -0.15) is 8.62 Å². The topological polar surface area (TPSA) is 296 Å². The summed E-state index contributed by atoms with van der Waals surface area (Å²) in [5.74, 6) is 0. The second-order valence-electron chi connectivity index (χ2n) is 5.86. The van der Waals surface area contributed by atoms with Crippen molar-refractivity contribution in [2.24, 2.45) is 5.11 Å². The summed E-state index contributed by atoms with van der Waals surface area (Å²) in [7, 11) is -17.2. The summed E-state index contributed by atoms with van der Waals surface area (Å²) in [6.07, 6.45) is -4.63. The summed E-state index contributed by atoms with van der Waals surface area (Å²) < 4.78 is 51.2. The van der Waals surface area contributed by atoms with E-state index in [2.05, 4.69) is 28.2 Å². The van der Waals surface area contributed by atoms with Gasteiger partial charge in [-0.15, -0.1) is 0 Å². The van der Waals surface area contributed by atoms with E-state index in [9.17, 15) is 33.6 Å². The van der Waals surface area contributed by atoms with Crippen molar-refractivity contribution in [3.63, 3.8) is 0 Å². The van der Waals surface area contributed by atoms with E-state index < -0.39 is 59.8 Å². The van der Waals surface area contributed by atoms with Crippen LogP contribution in [0.3, 0.4) is 0 Å². The Balaban J connectivity index is 2.28. The van der Waals surface area contributed by atoms with Crippen molar-refractivity contribution in [1.29, 1.82) is 0 Å². The van der Waals surface area contributed by atoms with Crippen LogP contribution < -0.4 is 5.56 Å². The van der Waals surface area contributed by atoms with Crippen LogP contribution in [0.1, 0.15) is 6.23 Å². The molecule has 6 atom stereocenters. The van der Waals surface area contributed by atoms with Crippen molar-refractivity contribution in [2.45, 2.75) is 24.2 Å². The Morgan fingerprint density at radius 3 is 2.41 bits per heavy atom. The SMILES string of the molecule is [N-]=[N+]=NC1(COP(=O)(O)OP(=O)(O)OP(=O)(O)O)O[C@@H](n2ccc(=O)[nH]c2=S)C(O)C1O. The van der Waals surface area contributed by atoms with Gasteiger partial charge in [0.2, 0.25) is 5.72 Å². The first kappa shape index (κ1) is 26.9. The quantitative estimate of drug-likeness (QED) is 0.0682. The number of hydrogen-bond donors (Lipinski definition) is 7. The fourth-order valence-electron chi connectivity index (χ4n) is 2.40. The van der Waals surface area contributed by atoms with Gasteiger partial charge in [-0.1, -0.05) is 5.11 Å². The number of nitrogens with zero attached hydrogens (tertiary/aromatic N) is 4. The summed E-state index contributed by atoms with van der Waals surface area (Å²) in [6, 6.07) is 0.970. The average molecular weight is 541 g/mol. The summed E-state index contributed by atoms with van der Waals surface area (Å²) in [5.41, 5.74) is 5.53. The van der Waals surface area contributed by atoms with Gasteiger partial charge < -0.3 is 34.5 Å². The van der Waals surface area contributed by atoms with Crippen LogP contribution in [0.2, 0.25) is 0 Å². The van der Waals surface area contributed by atoms with Gasteiger partial charge in [0.15, 0.2) is 11.0 Å². The Morgan fingerprint density at radius 2 is 1.88 bits per heavy atom. The van der Waals surface area contributed by atoms with Crippen LogP contribution >= 0.6 is 35.7 Å². The molecule has 2 rings (SSSR count). The molecule has 1 aliphatic heterocycles. The number of phosphoric acid groups is 3. The highest BCUT2D eigenvalue weighted by Crippen LogP contribution is 2.66. The zero-order valence-electron chi connectivity index (χ0n) is 15.1. The number of aromatic nitrogens is 2. The van der Waals surface area contributed by atoms with E-state index in [1.807, 2.05) is 0 Å². The van der Waals surface area contributed by atoms with Gasteiger partial charge in [0, 0.05) is 17.2 Å². The molecule has 0 aromatic carbocycles. The molecule has 0 amide bonds. The molecule has 2 heterocycles. The highest BCUT2D eigenvalue weighted by molar-refractivity contribution is 7.71. The molecule has 0 spiro atoms. The van der Waals surface area contributed by atoms with Crippen molar-refractivity contribution in [1.82, 2.24) is 9.55 Å². The number of aromatic amines is 1. The van der Waals surface area contributed by atoms with E-state index >= 15 is 0 Å². The standard InChI is InChI=1S/C9H14N5O14P3S/c10-13-12-9(3-25-30(21,22)28-31(23,24)27-29(18,19)20)6(17)5(16)7(26-9)14-2-1-4(15)11-8(14)32/h1-2,5-7,16-17H,3H2,(H,21,22)(H,23,24)(H,11,15,32)(H2,18,19,20)/t5?,6?,7-,9?/m1/s1. The molecule has 0 saturated carbocycles. The van der Waals surface area contributed by atoms with Gasteiger partial charge in [-0.3, -0.25) is 18.9 Å². The van der Waals surface area contributed by atoms with Gasteiger partial charge in [0.25, 0.3) is 5.56 Å². The number of H-pyrrole nitrogens is 1. The van der Waals surface area contributed by atoms with Gasteiger partial charge >= 0.3 is 23.5 Å². The van der Waals surface area contributed by atoms with Crippen molar-refractivity contribution in [2.75, 3.05) is 6.61 Å². The number of aliphatic hydroxyl groups excluding tert-OH is 2. The number of azide groups is 1. The zero-order valence-corrected chi connectivity index (χ0v) is 18.6. The monoisotopic (exact) mass is 541 g/mol. The first-order chi connectivity index (χ1) is 14.5. The molecule has 1 saturated heterocycles. The van der Waals surface area contributed by atoms with E-state index in [0.717, 1.165) is 16.8 Å². The van der Waals surface area contributed by atoms with E-state index in [1.54, 1.807) is 0 Å². The fraction of sp³-hybridized carbons (Fsp3) is 0.556. The highest BCUT2D eigenvalue weighted by atomic mass is 32.1. The van der Waals surface area contributed by atoms with Gasteiger partial charge in [0.1, 0.15) is 12.2 Å². The molecular formula is C9H14N5O14P3S. The second-order valence-corrected chi connectivity index (χ2v) is 10.7. The van der Waals surface area contributed by atoms with Crippen LogP contribution in [0.25, 0.3) is 10.4 Å². The lowest BCUT2D eigenvalue weighted by Gasteiger charge is -2.27. The molecule has 23 heteroatoms. The van der Waals surface area contributed by atoms with Crippen LogP contribution in [0.4, 0.5) is 0 Å². The van der Waals surface area contributed by atoms with Crippen LogP contribution in [-0.4, -0.2) is 63.9 Å². The number of ether oxygens (including phenoxy) is 1. The molecule has 19 nitrogen and oxygen atoms in total. The molecule has 0 bridgehead atoms. The van der Waals surface area contributed by atoms with Crippen LogP contribution in [0, 0.1) is 4.77 Å². The average Bonchev–Trinajstić information content (AvgIpc) is 2.83. The van der Waals surface area contributed by atoms with Crippen molar-refractivity contribution in [3.05, 3.63) is 37.8 Å². The first-order valence-electron chi connectivity index (χ1n) is 7.71. The third-order valence-electron chi connectivity index (χ3n) is 3.59. The van der Waals surface area contributed by atoms with Gasteiger partial charge in [-0.25, -0.2) is 13.7 Å². The Bertz CT molecular complexity index is 1170. The van der Waals surface area contributed by atoms with Gasteiger partial charge in [-0.05, 0) is 17.7 Å². The Kier molecular flexibility index (Phi) is 8.01. The number of nitrogens with one attached hydrogen (secondary N) is 1. The molecule has 180 valence electrons. The summed E-state index contributed by atoms with van der Waals surface area (Å²) in [5, 5.41) is 23.7. The van der Waals surface area contributed by atoms with E-state index in [4.69, 9.17) is 37.2 Å². The number of rotatable bonds is 9. The molecule has 1 aromatic heterocycles. The lowest BCUT2D eigenvalue weighted by molar-refractivity contribution is -0.122. The third-order valence-corrected chi connectivity index (χ3v) is 7.69. The van der Waals surface area contributed by atoms with Crippen LogP contribution in [-0.2, 0) is 31.6 Å². The molecule has 32 heavy (non-hydrogen) atoms. The third kappa shape index (κ3) is 6.61. The Morgan fingerprint density at radius 1 is 1.25 bits per heavy atom. The number of aliphatic hydroxyl groups is 2. The predicted octanol–water partition coefficient (Wildman–Crippen LogP) is -0.494. The largest absolute Gasteiger partial charge is 0.490 e. The highest BCUT2D eigenvalue weighted by Gasteiger charge is 2.56. The zero-order chi connectivity index (χ0) is 24.5. The minimum atomic E-state index is -5.84. The van der Waals surface area contributed by atoms with E-state index in [1.165, 1.54) is 0 Å².